The second-order valence-electron chi connectivity index (χ2n) is 4.25. The van der Waals surface area contributed by atoms with Gasteiger partial charge in [0.1, 0.15) is 0 Å². The Balaban J connectivity index is 2.19. The van der Waals surface area contributed by atoms with Crippen LogP contribution in [0.1, 0.15) is 17.5 Å². The molecule has 82 valence electrons. The Morgan fingerprint density at radius 3 is 2.53 bits per heavy atom. The minimum absolute atomic E-state index is 0.559. The molecule has 1 aliphatic rings. The Morgan fingerprint density at radius 2 is 2.00 bits per heavy atom. The van der Waals surface area contributed by atoms with Crippen molar-refractivity contribution in [3.8, 4) is 0 Å². The lowest BCUT2D eigenvalue weighted by Crippen LogP contribution is -2.23. The van der Waals surface area contributed by atoms with Crippen LogP contribution in [0.5, 0.6) is 0 Å². The molecule has 0 amide bonds. The van der Waals surface area contributed by atoms with Gasteiger partial charge in [-0.1, -0.05) is 11.6 Å². The SMILES string of the molecule is Cc1cc(Cl)cc(C)c1NC1CCNC1. The van der Waals surface area contributed by atoms with Gasteiger partial charge in [0.15, 0.2) is 0 Å². The van der Waals surface area contributed by atoms with Crippen molar-refractivity contribution in [2.75, 3.05) is 18.4 Å². The molecule has 0 saturated carbocycles. The molecule has 0 aromatic heterocycles. The Morgan fingerprint density at radius 1 is 1.33 bits per heavy atom. The van der Waals surface area contributed by atoms with Crippen molar-refractivity contribution in [2.45, 2.75) is 26.3 Å². The fourth-order valence-electron chi connectivity index (χ4n) is 2.12. The number of nitrogens with one attached hydrogen (secondary N) is 2. The monoisotopic (exact) mass is 224 g/mol. The van der Waals surface area contributed by atoms with Crippen LogP contribution >= 0.6 is 11.6 Å². The largest absolute Gasteiger partial charge is 0.381 e. The molecule has 0 aliphatic carbocycles. The predicted octanol–water partition coefficient (Wildman–Crippen LogP) is 2.73. The van der Waals surface area contributed by atoms with Gasteiger partial charge >= 0.3 is 0 Å². The molecule has 1 fully saturated rings. The molecule has 3 heteroatoms. The summed E-state index contributed by atoms with van der Waals surface area (Å²) in [6.07, 6.45) is 1.20. The molecule has 1 heterocycles. The van der Waals surface area contributed by atoms with Crippen LogP contribution in [0.15, 0.2) is 12.1 Å². The quantitative estimate of drug-likeness (QED) is 0.807. The number of benzene rings is 1. The number of hydrogen-bond donors (Lipinski definition) is 2. The second kappa shape index (κ2) is 4.42. The van der Waals surface area contributed by atoms with Crippen LogP contribution in [0, 0.1) is 13.8 Å². The van der Waals surface area contributed by atoms with Gasteiger partial charge in [-0.25, -0.2) is 0 Å². The van der Waals surface area contributed by atoms with E-state index in [1.165, 1.54) is 23.2 Å². The van der Waals surface area contributed by atoms with Gasteiger partial charge in [-0.3, -0.25) is 0 Å². The third kappa shape index (κ3) is 2.44. The van der Waals surface area contributed by atoms with Gasteiger partial charge < -0.3 is 10.6 Å². The van der Waals surface area contributed by atoms with Gasteiger partial charge in [0.25, 0.3) is 0 Å². The summed E-state index contributed by atoms with van der Waals surface area (Å²) < 4.78 is 0. The molecule has 1 aromatic rings. The Kier molecular flexibility index (Phi) is 3.17. The molecule has 0 bridgehead atoms. The third-order valence-corrected chi connectivity index (χ3v) is 3.12. The summed E-state index contributed by atoms with van der Waals surface area (Å²) in [7, 11) is 0. The maximum atomic E-state index is 6.00. The fraction of sp³-hybridized carbons (Fsp3) is 0.500. The highest BCUT2D eigenvalue weighted by molar-refractivity contribution is 6.30. The highest BCUT2D eigenvalue weighted by atomic mass is 35.5. The Hall–Kier alpha value is -0.730. The van der Waals surface area contributed by atoms with Gasteiger partial charge in [-0.05, 0) is 50.1 Å². The first kappa shape index (κ1) is 10.8. The van der Waals surface area contributed by atoms with Crippen molar-refractivity contribution in [2.24, 2.45) is 0 Å². The number of rotatable bonds is 2. The fourth-order valence-corrected chi connectivity index (χ4v) is 2.45. The van der Waals surface area contributed by atoms with E-state index in [0.29, 0.717) is 6.04 Å². The minimum atomic E-state index is 0.559. The van der Waals surface area contributed by atoms with Crippen molar-refractivity contribution in [1.82, 2.24) is 5.32 Å². The maximum absolute atomic E-state index is 6.00. The van der Waals surface area contributed by atoms with Gasteiger partial charge in [0.2, 0.25) is 0 Å². The van der Waals surface area contributed by atoms with E-state index in [2.05, 4.69) is 24.5 Å². The molecule has 2 nitrogen and oxygen atoms in total. The van der Waals surface area contributed by atoms with Crippen LogP contribution in [0.25, 0.3) is 0 Å². The average molecular weight is 225 g/mol. The van der Waals surface area contributed by atoms with E-state index in [4.69, 9.17) is 11.6 Å². The van der Waals surface area contributed by atoms with E-state index in [1.807, 2.05) is 12.1 Å². The third-order valence-electron chi connectivity index (χ3n) is 2.91. The topological polar surface area (TPSA) is 24.1 Å². The first-order valence-electron chi connectivity index (χ1n) is 5.41. The molecule has 1 aliphatic heterocycles. The van der Waals surface area contributed by atoms with Crippen LogP contribution in [0.4, 0.5) is 5.69 Å². The lowest BCUT2D eigenvalue weighted by Gasteiger charge is -2.17. The van der Waals surface area contributed by atoms with Crippen LogP contribution in [0.3, 0.4) is 0 Å². The van der Waals surface area contributed by atoms with Crippen LogP contribution in [-0.4, -0.2) is 19.1 Å². The van der Waals surface area contributed by atoms with Crippen LogP contribution < -0.4 is 10.6 Å². The zero-order valence-electron chi connectivity index (χ0n) is 9.23. The summed E-state index contributed by atoms with van der Waals surface area (Å²) in [5, 5.41) is 7.76. The van der Waals surface area contributed by atoms with E-state index >= 15 is 0 Å². The zero-order valence-corrected chi connectivity index (χ0v) is 9.99. The summed E-state index contributed by atoms with van der Waals surface area (Å²) in [6, 6.07) is 4.59. The Bertz CT molecular complexity index is 334. The van der Waals surface area contributed by atoms with Crippen molar-refractivity contribution in [1.29, 1.82) is 0 Å². The van der Waals surface area contributed by atoms with Gasteiger partial charge in [-0.2, -0.15) is 0 Å². The van der Waals surface area contributed by atoms with Gasteiger partial charge in [-0.15, -0.1) is 0 Å². The maximum Gasteiger partial charge on any atom is 0.0412 e. The summed E-state index contributed by atoms with van der Waals surface area (Å²) in [5.41, 5.74) is 3.70. The minimum Gasteiger partial charge on any atom is -0.381 e. The summed E-state index contributed by atoms with van der Waals surface area (Å²) in [4.78, 5) is 0. The second-order valence-corrected chi connectivity index (χ2v) is 4.69. The molecule has 2 N–H and O–H groups in total. The Labute approximate surface area is 96.0 Å². The standard InChI is InChI=1S/C12H17ClN2/c1-8-5-10(13)6-9(2)12(8)15-11-3-4-14-7-11/h5-6,11,14-15H,3-4,7H2,1-2H3. The summed E-state index contributed by atoms with van der Waals surface area (Å²) in [5.74, 6) is 0. The molecular weight excluding hydrogens is 208 g/mol. The molecule has 1 atom stereocenters. The summed E-state index contributed by atoms with van der Waals surface area (Å²) >= 11 is 6.00. The number of halogens is 1. The van der Waals surface area contributed by atoms with E-state index < -0.39 is 0 Å². The smallest absolute Gasteiger partial charge is 0.0412 e. The lowest BCUT2D eigenvalue weighted by molar-refractivity contribution is 0.791. The van der Waals surface area contributed by atoms with Crippen LogP contribution in [0.2, 0.25) is 5.02 Å². The molecule has 1 saturated heterocycles. The molecule has 1 unspecified atom stereocenters. The number of aryl methyl sites for hydroxylation is 2. The molecular formula is C12H17ClN2. The normalized spacial score (nSPS) is 20.6. The van der Waals surface area contributed by atoms with Crippen LogP contribution in [-0.2, 0) is 0 Å². The highest BCUT2D eigenvalue weighted by Gasteiger charge is 2.15. The molecule has 1 aromatic carbocycles. The van der Waals surface area contributed by atoms with Crippen molar-refractivity contribution >= 4 is 17.3 Å². The first-order chi connectivity index (χ1) is 7.16. The average Bonchev–Trinajstić information content (AvgIpc) is 2.63. The van der Waals surface area contributed by atoms with E-state index in [0.717, 1.165) is 18.1 Å². The van der Waals surface area contributed by atoms with E-state index in [9.17, 15) is 0 Å². The zero-order chi connectivity index (χ0) is 10.8. The first-order valence-corrected chi connectivity index (χ1v) is 5.78. The molecule has 2 rings (SSSR count). The van der Waals surface area contributed by atoms with E-state index in [1.54, 1.807) is 0 Å². The van der Waals surface area contributed by atoms with Crippen molar-refractivity contribution in [3.63, 3.8) is 0 Å². The van der Waals surface area contributed by atoms with Crippen molar-refractivity contribution in [3.05, 3.63) is 28.3 Å². The highest BCUT2D eigenvalue weighted by Crippen LogP contribution is 2.26. The van der Waals surface area contributed by atoms with Crippen molar-refractivity contribution < 1.29 is 0 Å². The van der Waals surface area contributed by atoms with Gasteiger partial charge in [0, 0.05) is 23.3 Å². The predicted molar refractivity (Wildman–Crippen MR) is 65.8 cm³/mol. The number of anilines is 1. The molecule has 15 heavy (non-hydrogen) atoms. The van der Waals surface area contributed by atoms with Gasteiger partial charge in [0.05, 0.1) is 0 Å². The number of hydrogen-bond acceptors (Lipinski definition) is 2. The molecule has 0 radical (unpaired) electrons. The summed E-state index contributed by atoms with van der Waals surface area (Å²) in [6.45, 7) is 6.37. The lowest BCUT2D eigenvalue weighted by atomic mass is 10.1. The molecule has 0 spiro atoms. The van der Waals surface area contributed by atoms with E-state index in [-0.39, 0.29) is 0 Å².